The van der Waals surface area contributed by atoms with Crippen molar-refractivity contribution in [3.05, 3.63) is 23.4 Å². The van der Waals surface area contributed by atoms with Crippen LogP contribution in [-0.4, -0.2) is 18.1 Å². The standard InChI is InChI=1S/C16H25ClN2/c1-12(2)15-9-13(11-17)10-16(18-15)19(3)14-7-5-4-6-8-14/h9-10,12,14H,4-8,11H2,1-3H3. The normalized spacial score (nSPS) is 16.9. The number of anilines is 1. The Bertz CT molecular complexity index is 411. The van der Waals surface area contributed by atoms with Gasteiger partial charge in [0, 0.05) is 24.7 Å². The van der Waals surface area contributed by atoms with Crippen LogP contribution in [0.5, 0.6) is 0 Å². The lowest BCUT2D eigenvalue weighted by molar-refractivity contribution is 0.425. The third-order valence-electron chi connectivity index (χ3n) is 4.12. The fourth-order valence-electron chi connectivity index (χ4n) is 2.80. The van der Waals surface area contributed by atoms with Crippen LogP contribution in [-0.2, 0) is 5.88 Å². The molecule has 1 aliphatic carbocycles. The van der Waals surface area contributed by atoms with Crippen molar-refractivity contribution < 1.29 is 0 Å². The van der Waals surface area contributed by atoms with Crippen molar-refractivity contribution in [2.75, 3.05) is 11.9 Å². The van der Waals surface area contributed by atoms with Crippen LogP contribution in [0.3, 0.4) is 0 Å². The zero-order valence-electron chi connectivity index (χ0n) is 12.3. The molecule has 19 heavy (non-hydrogen) atoms. The summed E-state index contributed by atoms with van der Waals surface area (Å²) in [5.74, 6) is 2.10. The van der Waals surface area contributed by atoms with Gasteiger partial charge >= 0.3 is 0 Å². The van der Waals surface area contributed by atoms with Crippen LogP contribution < -0.4 is 4.90 Å². The molecule has 0 aliphatic heterocycles. The molecule has 106 valence electrons. The Hall–Kier alpha value is -0.760. The maximum Gasteiger partial charge on any atom is 0.129 e. The van der Waals surface area contributed by atoms with Gasteiger partial charge in [0.1, 0.15) is 5.82 Å². The van der Waals surface area contributed by atoms with Crippen molar-refractivity contribution in [2.45, 2.75) is 63.8 Å². The topological polar surface area (TPSA) is 16.1 Å². The molecule has 0 radical (unpaired) electrons. The third-order valence-corrected chi connectivity index (χ3v) is 4.43. The first-order valence-corrected chi connectivity index (χ1v) is 7.95. The van der Waals surface area contributed by atoms with Crippen LogP contribution in [0, 0.1) is 0 Å². The average Bonchev–Trinajstić information content (AvgIpc) is 2.46. The van der Waals surface area contributed by atoms with Crippen molar-refractivity contribution in [3.8, 4) is 0 Å². The second-order valence-corrected chi connectivity index (χ2v) is 6.22. The molecule has 2 rings (SSSR count). The summed E-state index contributed by atoms with van der Waals surface area (Å²) in [6.07, 6.45) is 6.67. The van der Waals surface area contributed by atoms with Gasteiger partial charge in [-0.15, -0.1) is 11.6 Å². The molecular formula is C16H25ClN2. The predicted octanol–water partition coefficient (Wildman–Crippen LogP) is 4.71. The van der Waals surface area contributed by atoms with Gasteiger partial charge in [0.25, 0.3) is 0 Å². The summed E-state index contributed by atoms with van der Waals surface area (Å²) in [5.41, 5.74) is 2.33. The molecule has 1 fully saturated rings. The summed E-state index contributed by atoms with van der Waals surface area (Å²) in [7, 11) is 2.18. The number of alkyl halides is 1. The largest absolute Gasteiger partial charge is 0.357 e. The molecule has 0 spiro atoms. The summed E-state index contributed by atoms with van der Waals surface area (Å²) in [6, 6.07) is 4.93. The van der Waals surface area contributed by atoms with Gasteiger partial charge in [-0.2, -0.15) is 0 Å². The number of halogens is 1. The highest BCUT2D eigenvalue weighted by Gasteiger charge is 2.20. The molecule has 0 saturated heterocycles. The maximum absolute atomic E-state index is 6.02. The second-order valence-electron chi connectivity index (χ2n) is 5.95. The lowest BCUT2D eigenvalue weighted by Gasteiger charge is -2.32. The Kier molecular flexibility index (Phi) is 5.09. The minimum atomic E-state index is 0.446. The van der Waals surface area contributed by atoms with Crippen LogP contribution in [0.2, 0.25) is 0 Å². The van der Waals surface area contributed by atoms with E-state index in [0.717, 1.165) is 11.5 Å². The van der Waals surface area contributed by atoms with Gasteiger partial charge in [-0.3, -0.25) is 0 Å². The summed E-state index contributed by atoms with van der Waals surface area (Å²) in [6.45, 7) is 4.37. The minimum absolute atomic E-state index is 0.446. The molecule has 0 atom stereocenters. The quantitative estimate of drug-likeness (QED) is 0.743. The molecule has 1 aromatic heterocycles. The van der Waals surface area contributed by atoms with Gasteiger partial charge in [-0.25, -0.2) is 4.98 Å². The van der Waals surface area contributed by atoms with Crippen LogP contribution in [0.15, 0.2) is 12.1 Å². The molecule has 1 aliphatic rings. The average molecular weight is 281 g/mol. The van der Waals surface area contributed by atoms with Gasteiger partial charge < -0.3 is 4.90 Å². The fourth-order valence-corrected chi connectivity index (χ4v) is 2.96. The number of pyridine rings is 1. The van der Waals surface area contributed by atoms with E-state index in [-0.39, 0.29) is 0 Å². The highest BCUT2D eigenvalue weighted by molar-refractivity contribution is 6.17. The Morgan fingerprint density at radius 1 is 1.26 bits per heavy atom. The molecule has 0 unspecified atom stereocenters. The summed E-state index contributed by atoms with van der Waals surface area (Å²) >= 11 is 6.02. The molecule has 0 N–H and O–H groups in total. The fraction of sp³-hybridized carbons (Fsp3) is 0.688. The Morgan fingerprint density at radius 3 is 2.53 bits per heavy atom. The van der Waals surface area contributed by atoms with Gasteiger partial charge in [-0.1, -0.05) is 33.1 Å². The van der Waals surface area contributed by atoms with Gasteiger partial charge in [-0.05, 0) is 36.5 Å². The molecule has 3 heteroatoms. The number of aromatic nitrogens is 1. The molecule has 1 aromatic rings. The van der Waals surface area contributed by atoms with Crippen molar-refractivity contribution in [1.82, 2.24) is 4.98 Å². The van der Waals surface area contributed by atoms with E-state index in [4.69, 9.17) is 16.6 Å². The highest BCUT2D eigenvalue weighted by Crippen LogP contribution is 2.27. The van der Waals surface area contributed by atoms with E-state index in [1.165, 1.54) is 37.7 Å². The Morgan fingerprint density at radius 2 is 1.95 bits per heavy atom. The van der Waals surface area contributed by atoms with Crippen LogP contribution in [0.25, 0.3) is 0 Å². The van der Waals surface area contributed by atoms with Gasteiger partial charge in [0.2, 0.25) is 0 Å². The Labute approximate surface area is 122 Å². The molecular weight excluding hydrogens is 256 g/mol. The lowest BCUT2D eigenvalue weighted by atomic mass is 9.94. The first-order valence-electron chi connectivity index (χ1n) is 7.41. The maximum atomic E-state index is 6.02. The molecule has 0 aromatic carbocycles. The number of hydrogen-bond acceptors (Lipinski definition) is 2. The monoisotopic (exact) mass is 280 g/mol. The van der Waals surface area contributed by atoms with Crippen LogP contribution in [0.4, 0.5) is 5.82 Å². The molecule has 0 amide bonds. The SMILES string of the molecule is CC(C)c1cc(CCl)cc(N(C)C2CCCCC2)n1. The van der Waals surface area contributed by atoms with E-state index in [1.807, 2.05) is 0 Å². The van der Waals surface area contributed by atoms with E-state index in [9.17, 15) is 0 Å². The second kappa shape index (κ2) is 6.60. The van der Waals surface area contributed by atoms with E-state index in [1.54, 1.807) is 0 Å². The van der Waals surface area contributed by atoms with Crippen molar-refractivity contribution in [1.29, 1.82) is 0 Å². The van der Waals surface area contributed by atoms with Crippen LogP contribution in [0.1, 0.15) is 63.1 Å². The third kappa shape index (κ3) is 3.62. The van der Waals surface area contributed by atoms with E-state index in [2.05, 4.69) is 37.9 Å². The van der Waals surface area contributed by atoms with E-state index < -0.39 is 0 Å². The van der Waals surface area contributed by atoms with Crippen molar-refractivity contribution >= 4 is 17.4 Å². The first-order chi connectivity index (χ1) is 9.11. The molecule has 2 nitrogen and oxygen atoms in total. The van der Waals surface area contributed by atoms with Crippen molar-refractivity contribution in [3.63, 3.8) is 0 Å². The zero-order chi connectivity index (χ0) is 13.8. The zero-order valence-corrected chi connectivity index (χ0v) is 13.1. The van der Waals surface area contributed by atoms with E-state index >= 15 is 0 Å². The highest BCUT2D eigenvalue weighted by atomic mass is 35.5. The molecule has 0 bridgehead atoms. The molecule has 1 saturated carbocycles. The van der Waals surface area contributed by atoms with Gasteiger partial charge in [0.05, 0.1) is 0 Å². The number of nitrogens with zero attached hydrogens (tertiary/aromatic N) is 2. The minimum Gasteiger partial charge on any atom is -0.357 e. The van der Waals surface area contributed by atoms with Gasteiger partial charge in [0.15, 0.2) is 0 Å². The van der Waals surface area contributed by atoms with Crippen LogP contribution >= 0.6 is 11.6 Å². The lowest BCUT2D eigenvalue weighted by Crippen LogP contribution is -2.34. The number of hydrogen-bond donors (Lipinski definition) is 0. The Balaban J connectivity index is 2.24. The molecule has 1 heterocycles. The first kappa shape index (κ1) is 14.6. The predicted molar refractivity (Wildman–Crippen MR) is 83.2 cm³/mol. The van der Waals surface area contributed by atoms with Crippen molar-refractivity contribution in [2.24, 2.45) is 0 Å². The summed E-state index contributed by atoms with van der Waals surface area (Å²) in [5, 5.41) is 0. The summed E-state index contributed by atoms with van der Waals surface area (Å²) in [4.78, 5) is 7.19. The number of rotatable bonds is 4. The smallest absolute Gasteiger partial charge is 0.129 e. The summed E-state index contributed by atoms with van der Waals surface area (Å²) < 4.78 is 0. The van der Waals surface area contributed by atoms with E-state index in [0.29, 0.717) is 17.8 Å².